The van der Waals surface area contributed by atoms with Crippen molar-refractivity contribution < 1.29 is 29.3 Å². The molecule has 1 aromatic heterocycles. The Morgan fingerprint density at radius 2 is 1.97 bits per heavy atom. The molecular weight excluding hydrogens is 500 g/mol. The maximum atomic E-state index is 12.7. The van der Waals surface area contributed by atoms with Crippen LogP contribution in [0.25, 0.3) is 6.08 Å². The van der Waals surface area contributed by atoms with Crippen molar-refractivity contribution >= 4 is 58.3 Å². The molecule has 1 saturated heterocycles. The Kier molecular flexibility index (Phi) is 6.66. The number of nitrogens with one attached hydrogen (secondary N) is 1. The van der Waals surface area contributed by atoms with Crippen LogP contribution in [-0.4, -0.2) is 54.8 Å². The lowest BCUT2D eigenvalue weighted by Crippen LogP contribution is -2.70. The lowest BCUT2D eigenvalue weighted by atomic mass is 10.0. The van der Waals surface area contributed by atoms with E-state index < -0.39 is 44.5 Å². The van der Waals surface area contributed by atoms with Gasteiger partial charge in [-0.2, -0.15) is 0 Å². The minimum atomic E-state index is -1.36. The molecule has 3 heterocycles. The van der Waals surface area contributed by atoms with Gasteiger partial charge in [0, 0.05) is 16.7 Å². The van der Waals surface area contributed by atoms with E-state index in [2.05, 4.69) is 5.32 Å². The lowest BCUT2D eigenvalue weighted by Gasteiger charge is -2.49. The second-order valence-corrected chi connectivity index (χ2v) is 9.62. The summed E-state index contributed by atoms with van der Waals surface area (Å²) in [4.78, 5) is 59.7. The van der Waals surface area contributed by atoms with Crippen LogP contribution in [0.5, 0.6) is 0 Å². The number of carbonyl (C=O) groups excluding carboxylic acids is 2. The number of carbonyl (C=O) groups is 3. The van der Waals surface area contributed by atoms with Crippen molar-refractivity contribution in [2.75, 3.05) is 5.75 Å². The van der Waals surface area contributed by atoms with Crippen molar-refractivity contribution in [2.45, 2.75) is 17.8 Å². The van der Waals surface area contributed by atoms with Gasteiger partial charge in [0.1, 0.15) is 17.1 Å². The Bertz CT molecular complexity index is 1300. The number of nitro groups is 2. The molecule has 2 N–H and O–H groups in total. The van der Waals surface area contributed by atoms with E-state index in [1.807, 2.05) is 11.4 Å². The van der Waals surface area contributed by atoms with E-state index in [1.54, 1.807) is 6.07 Å². The van der Waals surface area contributed by atoms with Crippen LogP contribution in [0.4, 0.5) is 11.4 Å². The molecule has 4 rings (SSSR count). The Morgan fingerprint density at radius 3 is 2.60 bits per heavy atom. The minimum Gasteiger partial charge on any atom is -0.477 e. The monoisotopic (exact) mass is 516 g/mol. The zero-order valence-corrected chi connectivity index (χ0v) is 19.3. The van der Waals surface area contributed by atoms with Gasteiger partial charge in [0.05, 0.1) is 27.9 Å². The zero-order chi connectivity index (χ0) is 25.3. The smallest absolute Gasteiger partial charge is 0.352 e. The van der Waals surface area contributed by atoms with Gasteiger partial charge in [0.25, 0.3) is 17.3 Å². The van der Waals surface area contributed by atoms with Gasteiger partial charge in [-0.25, -0.2) is 4.79 Å². The predicted octanol–water partition coefficient (Wildman–Crippen LogP) is 2.56. The number of nitrogens with zero attached hydrogens (tertiary/aromatic N) is 3. The third-order valence-electron chi connectivity index (χ3n) is 5.32. The van der Waals surface area contributed by atoms with Crippen molar-refractivity contribution in [2.24, 2.45) is 0 Å². The SMILES string of the molecule is O=C(Cc1cccs1)NC1C(=O)N2C(C(=O)O)=C(C=Cc3ccc([N+](=O)[O-])cc3[N+](=O)[O-])CS[C@@H]12. The molecule has 1 unspecified atom stereocenters. The molecule has 0 aliphatic carbocycles. The van der Waals surface area contributed by atoms with Crippen LogP contribution in [0.2, 0.25) is 0 Å². The van der Waals surface area contributed by atoms with Gasteiger partial charge in [0.2, 0.25) is 5.91 Å². The van der Waals surface area contributed by atoms with Crippen LogP contribution in [0, 0.1) is 20.2 Å². The first kappa shape index (κ1) is 24.1. The molecule has 2 aromatic rings. The molecule has 2 aliphatic rings. The molecule has 0 bridgehead atoms. The first-order valence-electron chi connectivity index (χ1n) is 10.0. The summed E-state index contributed by atoms with van der Waals surface area (Å²) in [6, 6.07) is 5.87. The number of nitro benzene ring substituents is 2. The number of fused-ring (bicyclic) bond motifs is 1. The summed E-state index contributed by atoms with van der Waals surface area (Å²) >= 11 is 2.66. The predicted molar refractivity (Wildman–Crippen MR) is 126 cm³/mol. The fraction of sp³-hybridized carbons (Fsp3) is 0.190. The zero-order valence-electron chi connectivity index (χ0n) is 17.7. The topological polar surface area (TPSA) is 173 Å². The summed E-state index contributed by atoms with van der Waals surface area (Å²) < 4.78 is 0. The van der Waals surface area contributed by atoms with E-state index in [0.717, 1.165) is 21.9 Å². The number of hydrogen-bond acceptors (Lipinski definition) is 9. The van der Waals surface area contributed by atoms with E-state index >= 15 is 0 Å². The summed E-state index contributed by atoms with van der Waals surface area (Å²) in [5, 5.41) is 35.9. The van der Waals surface area contributed by atoms with Gasteiger partial charge >= 0.3 is 5.97 Å². The number of aliphatic carboxylic acids is 1. The highest BCUT2D eigenvalue weighted by Crippen LogP contribution is 2.41. The Labute approximate surface area is 205 Å². The molecule has 1 aromatic carbocycles. The second kappa shape index (κ2) is 9.68. The molecule has 35 heavy (non-hydrogen) atoms. The highest BCUT2D eigenvalue weighted by molar-refractivity contribution is 8.00. The van der Waals surface area contributed by atoms with Crippen LogP contribution in [-0.2, 0) is 20.8 Å². The molecule has 0 saturated carbocycles. The van der Waals surface area contributed by atoms with E-state index in [-0.39, 0.29) is 34.9 Å². The fourth-order valence-electron chi connectivity index (χ4n) is 3.70. The highest BCUT2D eigenvalue weighted by atomic mass is 32.2. The number of thiophene rings is 1. The number of carboxylic acids is 1. The average molecular weight is 517 g/mol. The normalized spacial score (nSPS) is 19.3. The molecule has 180 valence electrons. The van der Waals surface area contributed by atoms with Gasteiger partial charge in [-0.05, 0) is 29.2 Å². The number of carboxylic acid groups (broad SMARTS) is 1. The Hall–Kier alpha value is -4.04. The molecule has 0 radical (unpaired) electrons. The first-order chi connectivity index (χ1) is 16.7. The fourth-order valence-corrected chi connectivity index (χ4v) is 5.72. The Morgan fingerprint density at radius 1 is 1.20 bits per heavy atom. The maximum absolute atomic E-state index is 12.7. The van der Waals surface area contributed by atoms with E-state index in [0.29, 0.717) is 0 Å². The third-order valence-corrected chi connectivity index (χ3v) is 7.50. The second-order valence-electron chi connectivity index (χ2n) is 7.48. The summed E-state index contributed by atoms with van der Waals surface area (Å²) in [5.74, 6) is -2.09. The highest BCUT2D eigenvalue weighted by Gasteiger charge is 2.53. The largest absolute Gasteiger partial charge is 0.477 e. The number of non-ortho nitro benzene ring substituents is 1. The van der Waals surface area contributed by atoms with Crippen molar-refractivity contribution in [3.8, 4) is 0 Å². The molecule has 1 fully saturated rings. The number of rotatable bonds is 8. The Balaban J connectivity index is 1.55. The van der Waals surface area contributed by atoms with Crippen LogP contribution < -0.4 is 5.32 Å². The average Bonchev–Trinajstić information content (AvgIpc) is 3.33. The number of β-lactam (4-membered cyclic amide) rings is 1. The van der Waals surface area contributed by atoms with Crippen molar-refractivity contribution in [1.29, 1.82) is 0 Å². The number of benzene rings is 1. The van der Waals surface area contributed by atoms with Crippen LogP contribution >= 0.6 is 23.1 Å². The van der Waals surface area contributed by atoms with Crippen LogP contribution in [0.15, 0.2) is 53.1 Å². The summed E-state index contributed by atoms with van der Waals surface area (Å²) in [6.45, 7) is 0. The van der Waals surface area contributed by atoms with Crippen molar-refractivity contribution in [3.05, 3.63) is 83.7 Å². The van der Waals surface area contributed by atoms with Crippen molar-refractivity contribution in [3.63, 3.8) is 0 Å². The molecule has 2 atom stereocenters. The minimum absolute atomic E-state index is 0.0404. The number of allylic oxidation sites excluding steroid dienone is 1. The molecular formula is C21H16N4O8S2. The number of thioether (sulfide) groups is 1. The quantitative estimate of drug-likeness (QED) is 0.304. The standard InChI is InChI=1S/C21H16N4O8S2/c26-16(9-14-2-1-7-34-14)22-17-19(27)23-18(21(28)29)12(10-35-20(17)23)4-3-11-5-6-13(24(30)31)8-15(11)25(32)33/h1-8,17,20H,9-10H2,(H,22,26)(H,28,29)/t17?,20-/m0/s1. The van der Waals surface area contributed by atoms with Crippen molar-refractivity contribution in [1.82, 2.24) is 10.2 Å². The van der Waals surface area contributed by atoms with Crippen LogP contribution in [0.3, 0.4) is 0 Å². The molecule has 14 heteroatoms. The molecule has 2 amide bonds. The summed E-state index contributed by atoms with van der Waals surface area (Å²) in [6.07, 6.45) is 2.74. The van der Waals surface area contributed by atoms with E-state index in [4.69, 9.17) is 0 Å². The lowest BCUT2D eigenvalue weighted by molar-refractivity contribution is -0.394. The molecule has 2 aliphatic heterocycles. The van der Waals surface area contributed by atoms with Gasteiger partial charge in [-0.3, -0.25) is 34.7 Å². The van der Waals surface area contributed by atoms with Gasteiger partial charge in [0.15, 0.2) is 0 Å². The van der Waals surface area contributed by atoms with Crippen LogP contribution in [0.1, 0.15) is 10.4 Å². The maximum Gasteiger partial charge on any atom is 0.352 e. The first-order valence-corrected chi connectivity index (χ1v) is 11.9. The third kappa shape index (κ3) is 4.79. The van der Waals surface area contributed by atoms with Gasteiger partial charge < -0.3 is 10.4 Å². The summed E-state index contributed by atoms with van der Waals surface area (Å²) in [5.41, 5.74) is -0.957. The molecule has 0 spiro atoms. The van der Waals surface area contributed by atoms with E-state index in [1.165, 1.54) is 41.3 Å². The molecule has 12 nitrogen and oxygen atoms in total. The number of hydrogen-bond donors (Lipinski definition) is 2. The van der Waals surface area contributed by atoms with Gasteiger partial charge in [-0.15, -0.1) is 23.1 Å². The number of amides is 2. The van der Waals surface area contributed by atoms with Gasteiger partial charge in [-0.1, -0.05) is 12.1 Å². The van der Waals surface area contributed by atoms with E-state index in [9.17, 15) is 39.7 Å². The summed E-state index contributed by atoms with van der Waals surface area (Å²) in [7, 11) is 0.